The van der Waals surface area contributed by atoms with Crippen molar-refractivity contribution in [1.82, 2.24) is 0 Å². The fourth-order valence-corrected chi connectivity index (χ4v) is 3.50. The van der Waals surface area contributed by atoms with E-state index >= 15 is 0 Å². The topological polar surface area (TPSA) is 40.1 Å². The van der Waals surface area contributed by atoms with Crippen molar-refractivity contribution in [1.29, 1.82) is 0 Å². The smallest absolute Gasteiger partial charge is 0.0249 e. The lowest BCUT2D eigenvalue weighted by Gasteiger charge is -2.11. The molecule has 0 aliphatic heterocycles. The molecule has 0 radical (unpaired) electrons. The van der Waals surface area contributed by atoms with Gasteiger partial charge in [0.05, 0.1) is 0 Å². The summed E-state index contributed by atoms with van der Waals surface area (Å²) in [5.74, 6) is 0. The van der Waals surface area contributed by atoms with E-state index in [2.05, 4.69) is 24.3 Å². The number of hydrogen-bond donors (Lipinski definition) is 0. The highest BCUT2D eigenvalue weighted by molar-refractivity contribution is 7.99. The molecule has 0 heterocycles. The molecule has 22 heavy (non-hydrogen) atoms. The van der Waals surface area contributed by atoms with Crippen LogP contribution in [0.4, 0.5) is 0 Å². The van der Waals surface area contributed by atoms with Gasteiger partial charge in [-0.25, -0.2) is 0 Å². The second-order valence-corrected chi connectivity index (χ2v) is 6.73. The Kier molecular flexibility index (Phi) is 4.73. The molecule has 110 valence electrons. The Morgan fingerprint density at radius 2 is 1.41 bits per heavy atom. The van der Waals surface area contributed by atoms with Crippen molar-refractivity contribution in [2.24, 2.45) is 0 Å². The summed E-state index contributed by atoms with van der Waals surface area (Å²) in [4.78, 5) is 2.62. The summed E-state index contributed by atoms with van der Waals surface area (Å²) in [7, 11) is 0. The standard InChI is InChI=1S/C18H14O2S2/c19-22(20)16-12-10-14(11-13-16)17-8-4-5-9-18(17)21-15-6-2-1-3-7-15/h1-13H,(H,19,20)/p-1. The van der Waals surface area contributed by atoms with Gasteiger partial charge in [0.1, 0.15) is 0 Å². The van der Waals surface area contributed by atoms with E-state index in [1.54, 1.807) is 23.9 Å². The Morgan fingerprint density at radius 3 is 2.09 bits per heavy atom. The molecule has 0 aliphatic carbocycles. The van der Waals surface area contributed by atoms with E-state index < -0.39 is 11.1 Å². The first kappa shape index (κ1) is 15.0. The summed E-state index contributed by atoms with van der Waals surface area (Å²) in [5, 5.41) is 0. The fraction of sp³-hybridized carbons (Fsp3) is 0. The molecule has 0 aliphatic rings. The van der Waals surface area contributed by atoms with Crippen molar-refractivity contribution >= 4 is 22.8 Å². The van der Waals surface area contributed by atoms with E-state index in [0.717, 1.165) is 16.0 Å². The van der Waals surface area contributed by atoms with Gasteiger partial charge in [0.2, 0.25) is 0 Å². The first-order valence-corrected chi connectivity index (χ1v) is 8.65. The van der Waals surface area contributed by atoms with Crippen molar-refractivity contribution in [2.75, 3.05) is 0 Å². The third-order valence-electron chi connectivity index (χ3n) is 3.22. The molecule has 1 atom stereocenters. The molecule has 0 spiro atoms. The lowest BCUT2D eigenvalue weighted by molar-refractivity contribution is 0.537. The van der Waals surface area contributed by atoms with Crippen molar-refractivity contribution < 1.29 is 8.76 Å². The Labute approximate surface area is 136 Å². The Morgan fingerprint density at radius 1 is 0.773 bits per heavy atom. The molecule has 0 bridgehead atoms. The predicted molar refractivity (Wildman–Crippen MR) is 89.6 cm³/mol. The van der Waals surface area contributed by atoms with Crippen LogP contribution in [0.2, 0.25) is 0 Å². The van der Waals surface area contributed by atoms with E-state index in [-0.39, 0.29) is 0 Å². The maximum Gasteiger partial charge on any atom is 0.0249 e. The molecule has 0 saturated carbocycles. The molecule has 4 heteroatoms. The molecule has 3 aromatic carbocycles. The summed E-state index contributed by atoms with van der Waals surface area (Å²) < 4.78 is 21.9. The fourth-order valence-electron chi connectivity index (χ4n) is 2.16. The highest BCUT2D eigenvalue weighted by Crippen LogP contribution is 2.35. The van der Waals surface area contributed by atoms with Gasteiger partial charge in [0.25, 0.3) is 0 Å². The monoisotopic (exact) mass is 325 g/mol. The van der Waals surface area contributed by atoms with Gasteiger partial charge in [-0.2, -0.15) is 0 Å². The number of benzene rings is 3. The average molecular weight is 325 g/mol. The van der Waals surface area contributed by atoms with Crippen LogP contribution in [0.1, 0.15) is 0 Å². The lowest BCUT2D eigenvalue weighted by Crippen LogP contribution is -1.89. The van der Waals surface area contributed by atoms with Gasteiger partial charge in [-0.1, -0.05) is 60.3 Å². The van der Waals surface area contributed by atoms with Crippen LogP contribution in [0.25, 0.3) is 11.1 Å². The van der Waals surface area contributed by atoms with Crippen molar-refractivity contribution in [3.63, 3.8) is 0 Å². The van der Waals surface area contributed by atoms with Gasteiger partial charge in [0, 0.05) is 14.7 Å². The van der Waals surface area contributed by atoms with Gasteiger partial charge >= 0.3 is 0 Å². The minimum Gasteiger partial charge on any atom is -0.768 e. The van der Waals surface area contributed by atoms with E-state index in [1.165, 1.54) is 4.90 Å². The molecule has 3 aromatic rings. The first-order chi connectivity index (χ1) is 10.7. The van der Waals surface area contributed by atoms with E-state index in [0.29, 0.717) is 4.90 Å². The summed E-state index contributed by atoms with van der Waals surface area (Å²) >= 11 is -0.488. The number of rotatable bonds is 4. The summed E-state index contributed by atoms with van der Waals surface area (Å²) in [6.45, 7) is 0. The van der Waals surface area contributed by atoms with Crippen LogP contribution in [0.5, 0.6) is 0 Å². The molecule has 0 amide bonds. The van der Waals surface area contributed by atoms with Crippen LogP contribution in [0.15, 0.2) is 93.5 Å². The lowest BCUT2D eigenvalue weighted by atomic mass is 10.1. The highest BCUT2D eigenvalue weighted by atomic mass is 32.2. The van der Waals surface area contributed by atoms with E-state index in [4.69, 9.17) is 0 Å². The van der Waals surface area contributed by atoms with Gasteiger partial charge in [-0.3, -0.25) is 4.21 Å². The second kappa shape index (κ2) is 6.92. The minimum absolute atomic E-state index is 0.303. The normalized spacial score (nSPS) is 12.0. The van der Waals surface area contributed by atoms with Gasteiger partial charge < -0.3 is 4.55 Å². The molecule has 3 rings (SSSR count). The molecule has 0 saturated heterocycles. The quantitative estimate of drug-likeness (QED) is 0.650. The van der Waals surface area contributed by atoms with Crippen LogP contribution < -0.4 is 0 Å². The second-order valence-electron chi connectivity index (χ2n) is 4.67. The molecule has 0 N–H and O–H groups in total. The maximum absolute atomic E-state index is 11.0. The van der Waals surface area contributed by atoms with Gasteiger partial charge in [0.15, 0.2) is 0 Å². The highest BCUT2D eigenvalue weighted by Gasteiger charge is 2.06. The zero-order valence-electron chi connectivity index (χ0n) is 11.6. The summed E-state index contributed by atoms with van der Waals surface area (Å²) in [5.41, 5.74) is 2.10. The Bertz CT molecular complexity index is 784. The largest absolute Gasteiger partial charge is 0.768 e. The Balaban J connectivity index is 1.95. The SMILES string of the molecule is O=S([O-])c1ccc(-c2ccccc2Sc2ccccc2)cc1. The van der Waals surface area contributed by atoms with E-state index in [9.17, 15) is 8.76 Å². The molecule has 1 unspecified atom stereocenters. The molecule has 2 nitrogen and oxygen atoms in total. The molecule has 0 aromatic heterocycles. The van der Waals surface area contributed by atoms with Crippen LogP contribution in [-0.2, 0) is 11.1 Å². The molecule has 0 fully saturated rings. The summed E-state index contributed by atoms with van der Waals surface area (Å²) in [6.07, 6.45) is 0. The Hall–Kier alpha value is -1.88. The van der Waals surface area contributed by atoms with E-state index in [1.807, 2.05) is 42.5 Å². The van der Waals surface area contributed by atoms with Crippen LogP contribution in [-0.4, -0.2) is 8.76 Å². The van der Waals surface area contributed by atoms with Crippen LogP contribution in [0, 0.1) is 0 Å². The minimum atomic E-state index is -2.19. The summed E-state index contributed by atoms with van der Waals surface area (Å²) in [6, 6.07) is 25.2. The van der Waals surface area contributed by atoms with Crippen molar-refractivity contribution in [2.45, 2.75) is 14.7 Å². The van der Waals surface area contributed by atoms with Crippen LogP contribution >= 0.6 is 11.8 Å². The van der Waals surface area contributed by atoms with Crippen molar-refractivity contribution in [3.8, 4) is 11.1 Å². The zero-order valence-corrected chi connectivity index (χ0v) is 13.3. The van der Waals surface area contributed by atoms with Crippen molar-refractivity contribution in [3.05, 3.63) is 78.9 Å². The van der Waals surface area contributed by atoms with Gasteiger partial charge in [-0.05, 0) is 52.5 Å². The zero-order chi connectivity index (χ0) is 15.4. The predicted octanol–water partition coefficient (Wildman–Crippen LogP) is 4.74. The van der Waals surface area contributed by atoms with Crippen LogP contribution in [0.3, 0.4) is 0 Å². The average Bonchev–Trinajstić information content (AvgIpc) is 2.56. The third kappa shape index (κ3) is 3.47. The molecular weight excluding hydrogens is 312 g/mol. The first-order valence-electron chi connectivity index (χ1n) is 6.76. The maximum atomic E-state index is 11.0. The third-order valence-corrected chi connectivity index (χ3v) is 4.96. The molecular formula is C18H13O2S2-. The number of hydrogen-bond acceptors (Lipinski definition) is 3. The van der Waals surface area contributed by atoms with Gasteiger partial charge in [-0.15, -0.1) is 0 Å².